The quantitative estimate of drug-likeness (QED) is 0.350. The van der Waals surface area contributed by atoms with Gasteiger partial charge in [-0.05, 0) is 12.8 Å². The van der Waals surface area contributed by atoms with Gasteiger partial charge in [0.2, 0.25) is 0 Å². The van der Waals surface area contributed by atoms with E-state index in [2.05, 4.69) is 0 Å². The molecule has 10 heavy (non-hydrogen) atoms. The second-order valence-corrected chi connectivity index (χ2v) is 2.04. The normalized spacial score (nSPS) is 11.8. The minimum atomic E-state index is -1.43. The first kappa shape index (κ1) is 13.3. The molecule has 1 unspecified atom stereocenters. The Morgan fingerprint density at radius 3 is 2.50 bits per heavy atom. The standard InChI is InChI=1S/C5H9ClO3.Na/c6-3-1-2-4(7)5(8)9;/h4,7H,1-3H2,(H,8,9);/q;+1/p-1. The molecule has 0 bridgehead atoms. The van der Waals surface area contributed by atoms with E-state index in [1.54, 1.807) is 0 Å². The van der Waals surface area contributed by atoms with Crippen molar-refractivity contribution < 1.29 is 44.6 Å². The van der Waals surface area contributed by atoms with Crippen molar-refractivity contribution in [3.05, 3.63) is 0 Å². The van der Waals surface area contributed by atoms with Crippen LogP contribution < -0.4 is 34.7 Å². The van der Waals surface area contributed by atoms with Crippen LogP contribution in [0.25, 0.3) is 0 Å². The molecule has 0 rings (SSSR count). The Labute approximate surface area is 86.7 Å². The summed E-state index contributed by atoms with van der Waals surface area (Å²) in [6, 6.07) is 0. The van der Waals surface area contributed by atoms with E-state index in [1.165, 1.54) is 0 Å². The summed E-state index contributed by atoms with van der Waals surface area (Å²) in [5, 5.41) is 18.3. The molecule has 0 aromatic heterocycles. The summed E-state index contributed by atoms with van der Waals surface area (Å²) >= 11 is 5.23. The van der Waals surface area contributed by atoms with E-state index in [-0.39, 0.29) is 36.0 Å². The van der Waals surface area contributed by atoms with Crippen LogP contribution in [0.3, 0.4) is 0 Å². The van der Waals surface area contributed by atoms with Crippen LogP contribution in [0.1, 0.15) is 12.8 Å². The molecule has 3 nitrogen and oxygen atoms in total. The zero-order chi connectivity index (χ0) is 7.28. The van der Waals surface area contributed by atoms with Gasteiger partial charge in [-0.25, -0.2) is 0 Å². The Kier molecular flexibility index (Phi) is 10.4. The largest absolute Gasteiger partial charge is 1.00 e. The van der Waals surface area contributed by atoms with Crippen LogP contribution in [-0.4, -0.2) is 23.1 Å². The van der Waals surface area contributed by atoms with Gasteiger partial charge >= 0.3 is 29.6 Å². The van der Waals surface area contributed by atoms with E-state index in [9.17, 15) is 9.90 Å². The number of hydrogen-bond acceptors (Lipinski definition) is 3. The van der Waals surface area contributed by atoms with Gasteiger partial charge in [-0.2, -0.15) is 0 Å². The topological polar surface area (TPSA) is 60.4 Å². The number of carbonyl (C=O) groups is 1. The average molecular weight is 175 g/mol. The van der Waals surface area contributed by atoms with Gasteiger partial charge in [0.25, 0.3) is 0 Å². The van der Waals surface area contributed by atoms with Crippen LogP contribution in [-0.2, 0) is 4.79 Å². The number of aliphatic hydroxyl groups is 1. The van der Waals surface area contributed by atoms with E-state index in [0.29, 0.717) is 12.3 Å². The molecule has 0 aromatic rings. The van der Waals surface area contributed by atoms with Crippen LogP contribution >= 0.6 is 11.6 Å². The number of aliphatic carboxylic acids is 1. The minimum absolute atomic E-state index is 0. The Morgan fingerprint density at radius 2 is 2.20 bits per heavy atom. The first-order valence-electron chi connectivity index (χ1n) is 2.63. The fraction of sp³-hybridized carbons (Fsp3) is 0.800. The molecule has 0 aliphatic rings. The predicted octanol–water partition coefficient (Wildman–Crippen LogP) is -3.88. The number of alkyl halides is 1. The van der Waals surface area contributed by atoms with E-state index in [1.807, 2.05) is 0 Å². The molecule has 0 spiro atoms. The molecular formula is C5H8ClNaO3. The van der Waals surface area contributed by atoms with Crippen molar-refractivity contribution in [1.29, 1.82) is 0 Å². The number of carboxylic acid groups (broad SMARTS) is 1. The van der Waals surface area contributed by atoms with Gasteiger partial charge in [-0.1, -0.05) is 0 Å². The van der Waals surface area contributed by atoms with Gasteiger partial charge in [0.05, 0.1) is 12.1 Å². The summed E-state index contributed by atoms with van der Waals surface area (Å²) in [4.78, 5) is 9.80. The third-order valence-corrected chi connectivity index (χ3v) is 1.15. The third-order valence-electron chi connectivity index (χ3n) is 0.883. The second-order valence-electron chi connectivity index (χ2n) is 1.67. The van der Waals surface area contributed by atoms with Crippen LogP contribution in [0.5, 0.6) is 0 Å². The van der Waals surface area contributed by atoms with Crippen molar-refractivity contribution >= 4 is 17.6 Å². The molecule has 1 atom stereocenters. The van der Waals surface area contributed by atoms with Gasteiger partial charge in [-0.15, -0.1) is 11.6 Å². The number of carboxylic acids is 1. The predicted molar refractivity (Wildman–Crippen MR) is 31.0 cm³/mol. The Hall–Kier alpha value is 0.720. The molecule has 0 amide bonds. The molecule has 0 aliphatic heterocycles. The molecule has 0 aromatic carbocycles. The number of halogens is 1. The van der Waals surface area contributed by atoms with E-state index >= 15 is 0 Å². The van der Waals surface area contributed by atoms with E-state index in [0.717, 1.165) is 0 Å². The Balaban J connectivity index is 0. The molecular weight excluding hydrogens is 166 g/mol. The van der Waals surface area contributed by atoms with Crippen LogP contribution in [0.4, 0.5) is 0 Å². The summed E-state index contributed by atoms with van der Waals surface area (Å²) < 4.78 is 0. The maximum atomic E-state index is 9.80. The number of rotatable bonds is 4. The summed E-state index contributed by atoms with van der Waals surface area (Å²) in [6.45, 7) is 0. The molecule has 0 aliphatic carbocycles. The molecule has 0 saturated heterocycles. The van der Waals surface area contributed by atoms with Crippen molar-refractivity contribution in [3.8, 4) is 0 Å². The molecule has 1 N–H and O–H groups in total. The van der Waals surface area contributed by atoms with Crippen molar-refractivity contribution in [2.75, 3.05) is 5.88 Å². The molecule has 54 valence electrons. The van der Waals surface area contributed by atoms with Crippen molar-refractivity contribution in [2.45, 2.75) is 18.9 Å². The zero-order valence-corrected chi connectivity index (χ0v) is 8.60. The first-order valence-corrected chi connectivity index (χ1v) is 3.17. The molecule has 0 radical (unpaired) electrons. The molecule has 0 saturated carbocycles. The van der Waals surface area contributed by atoms with E-state index in [4.69, 9.17) is 16.7 Å². The van der Waals surface area contributed by atoms with Gasteiger partial charge < -0.3 is 15.0 Å². The number of aliphatic hydroxyl groups excluding tert-OH is 1. The average Bonchev–Trinajstić information content (AvgIpc) is 1.82. The fourth-order valence-electron chi connectivity index (χ4n) is 0.388. The number of hydrogen-bond donors (Lipinski definition) is 1. The minimum Gasteiger partial charge on any atom is -0.547 e. The number of carbonyl (C=O) groups excluding carboxylic acids is 1. The fourth-order valence-corrected chi connectivity index (χ4v) is 0.543. The monoisotopic (exact) mass is 174 g/mol. The molecule has 5 heteroatoms. The van der Waals surface area contributed by atoms with Gasteiger partial charge in [0, 0.05) is 5.88 Å². The van der Waals surface area contributed by atoms with Gasteiger partial charge in [-0.3, -0.25) is 0 Å². The third kappa shape index (κ3) is 6.83. The Morgan fingerprint density at radius 1 is 1.70 bits per heavy atom. The zero-order valence-electron chi connectivity index (χ0n) is 5.84. The summed E-state index contributed by atoms with van der Waals surface area (Å²) in [5.74, 6) is -1.07. The summed E-state index contributed by atoms with van der Waals surface area (Å²) in [7, 11) is 0. The van der Waals surface area contributed by atoms with Crippen molar-refractivity contribution in [1.82, 2.24) is 0 Å². The SMILES string of the molecule is O=C([O-])C(O)CCCCl.[Na+]. The van der Waals surface area contributed by atoms with Gasteiger partial charge in [0.15, 0.2) is 0 Å². The van der Waals surface area contributed by atoms with Crippen molar-refractivity contribution in [2.24, 2.45) is 0 Å². The smallest absolute Gasteiger partial charge is 0.547 e. The van der Waals surface area contributed by atoms with Crippen molar-refractivity contribution in [3.63, 3.8) is 0 Å². The molecule has 0 heterocycles. The second kappa shape index (κ2) is 7.82. The van der Waals surface area contributed by atoms with Crippen LogP contribution in [0, 0.1) is 0 Å². The Bertz CT molecular complexity index is 98.9. The maximum Gasteiger partial charge on any atom is 1.00 e. The van der Waals surface area contributed by atoms with Gasteiger partial charge in [0.1, 0.15) is 0 Å². The van der Waals surface area contributed by atoms with Crippen LogP contribution in [0.2, 0.25) is 0 Å². The maximum absolute atomic E-state index is 9.80. The molecule has 0 fully saturated rings. The first-order chi connectivity index (χ1) is 4.18. The summed E-state index contributed by atoms with van der Waals surface area (Å²) in [5.41, 5.74) is 0. The van der Waals surface area contributed by atoms with E-state index < -0.39 is 12.1 Å². The summed E-state index contributed by atoms with van der Waals surface area (Å²) in [6.07, 6.45) is -0.688. The van der Waals surface area contributed by atoms with Crippen LogP contribution in [0.15, 0.2) is 0 Å².